The lowest BCUT2D eigenvalue weighted by atomic mass is 10.2. The Morgan fingerprint density at radius 1 is 1.10 bits per heavy atom. The second-order valence-corrected chi connectivity index (χ2v) is 4.27. The van der Waals surface area contributed by atoms with Gasteiger partial charge in [-0.1, -0.05) is 6.07 Å². The minimum Gasteiger partial charge on any atom is -0.501 e. The van der Waals surface area contributed by atoms with Crippen LogP contribution >= 0.6 is 0 Å². The predicted octanol–water partition coefficient (Wildman–Crippen LogP) is 1.41. The predicted molar refractivity (Wildman–Crippen MR) is 67.0 cm³/mol. The van der Waals surface area contributed by atoms with Crippen LogP contribution in [-0.4, -0.2) is 27.0 Å². The van der Waals surface area contributed by atoms with Gasteiger partial charge in [0.2, 0.25) is 29.1 Å². The van der Waals surface area contributed by atoms with Gasteiger partial charge >= 0.3 is 0 Å². The highest BCUT2D eigenvalue weighted by Crippen LogP contribution is 2.47. The lowest BCUT2D eigenvalue weighted by Gasteiger charge is -2.09. The molecule has 2 aromatic rings. The van der Waals surface area contributed by atoms with Gasteiger partial charge in [-0.15, -0.1) is 0 Å². The second-order valence-electron chi connectivity index (χ2n) is 4.27. The Kier molecular flexibility index (Phi) is 2.67. The number of aromatic nitrogens is 1. The number of aromatic hydroxyl groups is 2. The summed E-state index contributed by atoms with van der Waals surface area (Å²) in [6, 6.07) is 4.92. The van der Waals surface area contributed by atoms with E-state index in [9.17, 15) is 19.8 Å². The van der Waals surface area contributed by atoms with Crippen molar-refractivity contribution in [2.75, 3.05) is 4.90 Å². The van der Waals surface area contributed by atoms with E-state index in [2.05, 4.69) is 4.98 Å². The van der Waals surface area contributed by atoms with Crippen LogP contribution in [-0.2, 0) is 9.59 Å². The molecule has 1 aliphatic rings. The molecule has 1 fully saturated rings. The number of amides is 2. The summed E-state index contributed by atoms with van der Waals surface area (Å²) in [5, 5.41) is 19.7. The van der Waals surface area contributed by atoms with Crippen molar-refractivity contribution in [2.45, 2.75) is 12.8 Å². The van der Waals surface area contributed by atoms with Gasteiger partial charge in [-0.05, 0) is 12.1 Å². The maximum absolute atomic E-state index is 11.6. The fraction of sp³-hybridized carbons (Fsp3) is 0.154. The quantitative estimate of drug-likeness (QED) is 0.802. The molecule has 3 heterocycles. The molecule has 0 aliphatic carbocycles. The summed E-state index contributed by atoms with van der Waals surface area (Å²) in [6.45, 7) is 0. The number of carbonyl (C=O) groups is 2. The average molecular weight is 274 g/mol. The van der Waals surface area contributed by atoms with E-state index in [0.29, 0.717) is 0 Å². The van der Waals surface area contributed by atoms with Crippen LogP contribution < -0.4 is 4.90 Å². The van der Waals surface area contributed by atoms with Crippen LogP contribution in [0.15, 0.2) is 28.8 Å². The van der Waals surface area contributed by atoms with Crippen molar-refractivity contribution in [3.63, 3.8) is 0 Å². The molecule has 3 rings (SSSR count). The highest BCUT2D eigenvalue weighted by molar-refractivity contribution is 6.20. The number of carbonyl (C=O) groups excluding carboxylic acids is 2. The second kappa shape index (κ2) is 4.37. The number of rotatable bonds is 2. The first-order valence-corrected chi connectivity index (χ1v) is 5.91. The molecule has 102 valence electrons. The highest BCUT2D eigenvalue weighted by Gasteiger charge is 2.37. The third-order valence-electron chi connectivity index (χ3n) is 2.99. The molecule has 0 unspecified atom stereocenters. The molecule has 2 aromatic heterocycles. The van der Waals surface area contributed by atoms with Gasteiger partial charge in [0.25, 0.3) is 5.88 Å². The van der Waals surface area contributed by atoms with Crippen molar-refractivity contribution in [3.8, 4) is 23.0 Å². The van der Waals surface area contributed by atoms with Gasteiger partial charge in [0.1, 0.15) is 5.69 Å². The van der Waals surface area contributed by atoms with Crippen LogP contribution in [0.1, 0.15) is 12.8 Å². The zero-order valence-electron chi connectivity index (χ0n) is 10.2. The summed E-state index contributed by atoms with van der Waals surface area (Å²) in [7, 11) is 0. The zero-order valence-corrected chi connectivity index (χ0v) is 10.2. The Labute approximate surface area is 113 Å². The molecule has 2 amide bonds. The third kappa shape index (κ3) is 1.71. The van der Waals surface area contributed by atoms with Crippen LogP contribution in [0.2, 0.25) is 0 Å². The summed E-state index contributed by atoms with van der Waals surface area (Å²) in [6.07, 6.45) is 1.59. The lowest BCUT2D eigenvalue weighted by molar-refractivity contribution is -0.121. The fourth-order valence-electron chi connectivity index (χ4n) is 2.03. The first-order valence-electron chi connectivity index (χ1n) is 5.91. The first-order chi connectivity index (χ1) is 9.59. The van der Waals surface area contributed by atoms with E-state index in [1.807, 2.05) is 0 Å². The monoisotopic (exact) mass is 274 g/mol. The Hall–Kier alpha value is -2.83. The number of furan rings is 1. The van der Waals surface area contributed by atoms with Gasteiger partial charge in [-0.2, -0.15) is 0 Å². The van der Waals surface area contributed by atoms with Gasteiger partial charge in [0, 0.05) is 19.0 Å². The molecule has 0 spiro atoms. The van der Waals surface area contributed by atoms with Crippen molar-refractivity contribution < 1.29 is 24.2 Å². The largest absolute Gasteiger partial charge is 0.501 e. The summed E-state index contributed by atoms with van der Waals surface area (Å²) >= 11 is 0. The van der Waals surface area contributed by atoms with E-state index in [0.717, 1.165) is 4.90 Å². The van der Waals surface area contributed by atoms with Gasteiger partial charge in [-0.25, -0.2) is 4.90 Å². The molecule has 0 radical (unpaired) electrons. The number of nitrogens with zero attached hydrogens (tertiary/aromatic N) is 2. The van der Waals surface area contributed by atoms with Crippen LogP contribution in [0, 0.1) is 0 Å². The Balaban J connectivity index is 2.11. The molecule has 0 bridgehead atoms. The van der Waals surface area contributed by atoms with E-state index in [1.54, 1.807) is 18.2 Å². The Morgan fingerprint density at radius 3 is 2.40 bits per heavy atom. The van der Waals surface area contributed by atoms with Crippen LogP contribution in [0.5, 0.6) is 11.5 Å². The van der Waals surface area contributed by atoms with Crippen LogP contribution in [0.25, 0.3) is 11.5 Å². The smallest absolute Gasteiger partial charge is 0.256 e. The number of anilines is 1. The number of imide groups is 1. The van der Waals surface area contributed by atoms with E-state index >= 15 is 0 Å². The Morgan fingerprint density at radius 2 is 1.80 bits per heavy atom. The highest BCUT2D eigenvalue weighted by atomic mass is 16.4. The minimum absolute atomic E-state index is 0.0542. The topological polar surface area (TPSA) is 104 Å². The molecular weight excluding hydrogens is 264 g/mol. The minimum atomic E-state index is -0.644. The SMILES string of the molecule is O=C1CCC(=O)N1c1oc(-c2ccccn2)c(O)c1O. The summed E-state index contributed by atoms with van der Waals surface area (Å²) in [4.78, 5) is 28.0. The van der Waals surface area contributed by atoms with Crippen molar-refractivity contribution in [1.29, 1.82) is 0 Å². The molecule has 7 heteroatoms. The molecule has 0 saturated carbocycles. The van der Waals surface area contributed by atoms with Crippen LogP contribution in [0.3, 0.4) is 0 Å². The lowest BCUT2D eigenvalue weighted by Crippen LogP contribution is -2.28. The maximum Gasteiger partial charge on any atom is 0.256 e. The van der Waals surface area contributed by atoms with E-state index in [1.165, 1.54) is 6.20 Å². The normalized spacial score (nSPS) is 15.1. The molecule has 1 saturated heterocycles. The third-order valence-corrected chi connectivity index (χ3v) is 2.99. The number of pyridine rings is 1. The first kappa shape index (κ1) is 12.2. The summed E-state index contributed by atoms with van der Waals surface area (Å²) < 4.78 is 5.28. The summed E-state index contributed by atoms with van der Waals surface area (Å²) in [5.41, 5.74) is 0.283. The van der Waals surface area contributed by atoms with Gasteiger partial charge in [0.05, 0.1) is 0 Å². The molecule has 20 heavy (non-hydrogen) atoms. The molecule has 1 aliphatic heterocycles. The Bertz CT molecular complexity index is 676. The molecule has 0 aromatic carbocycles. The summed E-state index contributed by atoms with van der Waals surface area (Å²) in [5.74, 6) is -2.61. The van der Waals surface area contributed by atoms with Crippen molar-refractivity contribution in [3.05, 3.63) is 24.4 Å². The van der Waals surface area contributed by atoms with Gasteiger partial charge in [-0.3, -0.25) is 14.6 Å². The fourth-order valence-corrected chi connectivity index (χ4v) is 2.03. The number of hydrogen-bond donors (Lipinski definition) is 2. The zero-order chi connectivity index (χ0) is 14.3. The molecular formula is C13H10N2O5. The average Bonchev–Trinajstić information content (AvgIpc) is 2.93. The van der Waals surface area contributed by atoms with E-state index in [4.69, 9.17) is 4.42 Å². The van der Waals surface area contributed by atoms with Crippen molar-refractivity contribution in [2.24, 2.45) is 0 Å². The van der Waals surface area contributed by atoms with Gasteiger partial charge in [0.15, 0.2) is 0 Å². The van der Waals surface area contributed by atoms with E-state index in [-0.39, 0.29) is 30.2 Å². The number of hydrogen-bond acceptors (Lipinski definition) is 6. The van der Waals surface area contributed by atoms with Crippen molar-refractivity contribution >= 4 is 17.7 Å². The molecule has 0 atom stereocenters. The van der Waals surface area contributed by atoms with Crippen molar-refractivity contribution in [1.82, 2.24) is 4.98 Å². The molecule has 7 nitrogen and oxygen atoms in total. The molecule has 2 N–H and O–H groups in total. The van der Waals surface area contributed by atoms with Crippen LogP contribution in [0.4, 0.5) is 5.88 Å². The maximum atomic E-state index is 11.6. The standard InChI is InChI=1S/C13H10N2O5/c16-8-4-5-9(17)15(8)13-11(19)10(18)12(20-13)7-3-1-2-6-14-7/h1-3,6,18-19H,4-5H2. The van der Waals surface area contributed by atoms with Gasteiger partial charge < -0.3 is 14.6 Å². The van der Waals surface area contributed by atoms with E-state index < -0.39 is 23.3 Å².